The van der Waals surface area contributed by atoms with E-state index in [0.29, 0.717) is 11.8 Å². The fraction of sp³-hybridized carbons (Fsp3) is 0.700. The minimum absolute atomic E-state index is 0.411. The normalized spacial score (nSPS) is 22.7. The highest BCUT2D eigenvalue weighted by Crippen LogP contribution is 2.27. The summed E-state index contributed by atoms with van der Waals surface area (Å²) in [6, 6.07) is 6.55. The SMILES string of the molecule is CCCN(CCN1CCN(C)CC1)C1CCc2ccc(O)cc2C1. The van der Waals surface area contributed by atoms with Gasteiger partial charge in [0.1, 0.15) is 5.75 Å². The highest BCUT2D eigenvalue weighted by molar-refractivity contribution is 5.37. The Hall–Kier alpha value is -1.10. The lowest BCUT2D eigenvalue weighted by atomic mass is 9.87. The van der Waals surface area contributed by atoms with Crippen molar-refractivity contribution in [1.29, 1.82) is 0 Å². The summed E-state index contributed by atoms with van der Waals surface area (Å²) in [4.78, 5) is 7.74. The van der Waals surface area contributed by atoms with E-state index in [1.165, 1.54) is 69.8 Å². The Balaban J connectivity index is 1.57. The van der Waals surface area contributed by atoms with Crippen molar-refractivity contribution in [2.45, 2.75) is 38.6 Å². The number of nitrogens with zero attached hydrogens (tertiary/aromatic N) is 3. The lowest BCUT2D eigenvalue weighted by Gasteiger charge is -2.38. The number of hydrogen-bond acceptors (Lipinski definition) is 4. The minimum atomic E-state index is 0.411. The molecule has 0 saturated carbocycles. The van der Waals surface area contributed by atoms with E-state index in [2.05, 4.69) is 34.7 Å². The van der Waals surface area contributed by atoms with Crippen molar-refractivity contribution in [1.82, 2.24) is 14.7 Å². The molecule has 134 valence electrons. The third-order valence-corrected chi connectivity index (χ3v) is 5.72. The second-order valence-corrected chi connectivity index (χ2v) is 7.53. The van der Waals surface area contributed by atoms with E-state index in [-0.39, 0.29) is 0 Å². The molecule has 1 atom stereocenters. The van der Waals surface area contributed by atoms with Crippen LogP contribution in [0.1, 0.15) is 30.9 Å². The summed E-state index contributed by atoms with van der Waals surface area (Å²) in [6.07, 6.45) is 4.70. The Bertz CT molecular complexity index is 526. The standard InChI is InChI=1S/C20H33N3O/c1-3-8-23(14-13-22-11-9-21(2)10-12-22)19-6-4-17-5-7-20(24)16-18(17)15-19/h5,7,16,19,24H,3-4,6,8-15H2,1-2H3. The van der Waals surface area contributed by atoms with Crippen LogP contribution in [0.25, 0.3) is 0 Å². The first-order valence-electron chi connectivity index (χ1n) is 9.61. The lowest BCUT2D eigenvalue weighted by molar-refractivity contribution is 0.114. The number of benzene rings is 1. The maximum atomic E-state index is 9.79. The smallest absolute Gasteiger partial charge is 0.115 e. The van der Waals surface area contributed by atoms with Crippen LogP contribution in [-0.4, -0.2) is 78.7 Å². The fourth-order valence-electron chi connectivity index (χ4n) is 4.14. The van der Waals surface area contributed by atoms with Gasteiger partial charge in [-0.15, -0.1) is 0 Å². The van der Waals surface area contributed by atoms with Crippen LogP contribution in [0, 0.1) is 0 Å². The van der Waals surface area contributed by atoms with Crippen LogP contribution >= 0.6 is 0 Å². The summed E-state index contributed by atoms with van der Waals surface area (Å²) in [7, 11) is 2.22. The maximum absolute atomic E-state index is 9.79. The largest absolute Gasteiger partial charge is 0.508 e. The van der Waals surface area contributed by atoms with Crippen molar-refractivity contribution >= 4 is 0 Å². The molecule has 1 aromatic rings. The number of aryl methyl sites for hydroxylation is 1. The highest BCUT2D eigenvalue weighted by atomic mass is 16.3. The molecule has 4 heteroatoms. The summed E-state index contributed by atoms with van der Waals surface area (Å²) in [6.45, 7) is 10.6. The average Bonchev–Trinajstić information content (AvgIpc) is 2.59. The van der Waals surface area contributed by atoms with E-state index in [0.717, 1.165) is 12.8 Å². The summed E-state index contributed by atoms with van der Waals surface area (Å²) >= 11 is 0. The summed E-state index contributed by atoms with van der Waals surface area (Å²) in [5.74, 6) is 0.411. The Morgan fingerprint density at radius 1 is 1.12 bits per heavy atom. The molecule has 0 aromatic heterocycles. The molecule has 4 nitrogen and oxygen atoms in total. The number of phenolic OH excluding ortho intramolecular Hbond substituents is 1. The van der Waals surface area contributed by atoms with E-state index in [4.69, 9.17) is 0 Å². The first-order valence-corrected chi connectivity index (χ1v) is 9.61. The molecule has 1 saturated heterocycles. The van der Waals surface area contributed by atoms with E-state index in [9.17, 15) is 5.11 Å². The molecule has 0 amide bonds. The third kappa shape index (κ3) is 4.50. The van der Waals surface area contributed by atoms with Crippen molar-refractivity contribution in [2.24, 2.45) is 0 Å². The molecular formula is C20H33N3O. The number of rotatable bonds is 6. The molecular weight excluding hydrogens is 298 g/mol. The van der Waals surface area contributed by atoms with Gasteiger partial charge in [0.05, 0.1) is 0 Å². The van der Waals surface area contributed by atoms with Gasteiger partial charge in [0.2, 0.25) is 0 Å². The molecule has 3 rings (SSSR count). The van der Waals surface area contributed by atoms with Crippen LogP contribution in [0.4, 0.5) is 0 Å². The number of fused-ring (bicyclic) bond motifs is 1. The average molecular weight is 332 g/mol. The molecule has 1 aromatic carbocycles. The van der Waals surface area contributed by atoms with E-state index in [1.807, 2.05) is 12.1 Å². The van der Waals surface area contributed by atoms with Gasteiger partial charge in [0.15, 0.2) is 0 Å². The van der Waals surface area contributed by atoms with Crippen LogP contribution in [0.3, 0.4) is 0 Å². The summed E-state index contributed by atoms with van der Waals surface area (Å²) in [5, 5.41) is 9.79. The van der Waals surface area contributed by atoms with Crippen molar-refractivity contribution in [3.8, 4) is 5.75 Å². The molecule has 0 spiro atoms. The van der Waals surface area contributed by atoms with Crippen molar-refractivity contribution in [2.75, 3.05) is 52.9 Å². The molecule has 1 fully saturated rings. The van der Waals surface area contributed by atoms with Crippen molar-refractivity contribution in [3.05, 3.63) is 29.3 Å². The zero-order valence-electron chi connectivity index (χ0n) is 15.4. The second kappa shape index (κ2) is 8.32. The zero-order valence-corrected chi connectivity index (χ0v) is 15.4. The molecule has 1 unspecified atom stereocenters. The lowest BCUT2D eigenvalue weighted by Crippen LogP contribution is -2.49. The van der Waals surface area contributed by atoms with Crippen molar-refractivity contribution < 1.29 is 5.11 Å². The number of likely N-dealkylation sites (N-methyl/N-ethyl adjacent to an activating group) is 1. The molecule has 1 N–H and O–H groups in total. The van der Waals surface area contributed by atoms with Gasteiger partial charge in [-0.25, -0.2) is 0 Å². The first kappa shape index (κ1) is 17.7. The molecule has 2 aliphatic rings. The van der Waals surface area contributed by atoms with Gasteiger partial charge in [-0.1, -0.05) is 13.0 Å². The number of aromatic hydroxyl groups is 1. The van der Waals surface area contributed by atoms with Gasteiger partial charge in [-0.2, -0.15) is 0 Å². The Morgan fingerprint density at radius 3 is 2.67 bits per heavy atom. The predicted molar refractivity (Wildman–Crippen MR) is 99.7 cm³/mol. The van der Waals surface area contributed by atoms with Crippen LogP contribution in [0.15, 0.2) is 18.2 Å². The molecule has 24 heavy (non-hydrogen) atoms. The van der Waals surface area contributed by atoms with Crippen LogP contribution in [0.5, 0.6) is 5.75 Å². The Morgan fingerprint density at radius 2 is 1.92 bits per heavy atom. The van der Waals surface area contributed by atoms with Crippen LogP contribution in [0.2, 0.25) is 0 Å². The van der Waals surface area contributed by atoms with Gasteiger partial charge < -0.3 is 10.0 Å². The molecule has 1 heterocycles. The third-order valence-electron chi connectivity index (χ3n) is 5.72. The molecule has 0 bridgehead atoms. The fourth-order valence-corrected chi connectivity index (χ4v) is 4.14. The minimum Gasteiger partial charge on any atom is -0.508 e. The summed E-state index contributed by atoms with van der Waals surface area (Å²) < 4.78 is 0. The summed E-state index contributed by atoms with van der Waals surface area (Å²) in [5.41, 5.74) is 2.78. The predicted octanol–water partition coefficient (Wildman–Crippen LogP) is 2.21. The van der Waals surface area contributed by atoms with Gasteiger partial charge in [0.25, 0.3) is 0 Å². The maximum Gasteiger partial charge on any atom is 0.115 e. The van der Waals surface area contributed by atoms with Crippen molar-refractivity contribution in [3.63, 3.8) is 0 Å². The van der Waals surface area contributed by atoms with Gasteiger partial charge >= 0.3 is 0 Å². The second-order valence-electron chi connectivity index (χ2n) is 7.53. The molecule has 0 radical (unpaired) electrons. The van der Waals surface area contributed by atoms with Gasteiger partial charge in [-0.05, 0) is 62.5 Å². The van der Waals surface area contributed by atoms with Gasteiger partial charge in [0, 0.05) is 45.3 Å². The van der Waals surface area contributed by atoms with Crippen LogP contribution < -0.4 is 0 Å². The number of piperazine rings is 1. The number of phenols is 1. The van der Waals surface area contributed by atoms with Crippen LogP contribution in [-0.2, 0) is 12.8 Å². The van der Waals surface area contributed by atoms with E-state index < -0.39 is 0 Å². The monoisotopic (exact) mass is 331 g/mol. The Labute approximate surface area is 147 Å². The van der Waals surface area contributed by atoms with Gasteiger partial charge in [-0.3, -0.25) is 9.80 Å². The highest BCUT2D eigenvalue weighted by Gasteiger charge is 2.25. The molecule has 1 aliphatic heterocycles. The zero-order chi connectivity index (χ0) is 16.9. The quantitative estimate of drug-likeness (QED) is 0.866. The number of hydrogen-bond donors (Lipinski definition) is 1. The van der Waals surface area contributed by atoms with E-state index in [1.54, 1.807) is 0 Å². The Kier molecular flexibility index (Phi) is 6.14. The first-order chi connectivity index (χ1) is 11.7. The topological polar surface area (TPSA) is 30.0 Å². The van der Waals surface area contributed by atoms with E-state index >= 15 is 0 Å². The molecule has 1 aliphatic carbocycles.